The Balaban J connectivity index is 2.70. The molecule has 0 aliphatic carbocycles. The summed E-state index contributed by atoms with van der Waals surface area (Å²) in [5, 5.41) is 8.25. The van der Waals surface area contributed by atoms with Crippen LogP contribution in [0.4, 0.5) is 0 Å². The maximum atomic E-state index is 4.42. The van der Waals surface area contributed by atoms with Crippen LogP contribution < -0.4 is 5.53 Å². The Morgan fingerprint density at radius 2 is 2.00 bits per heavy atom. The van der Waals surface area contributed by atoms with Crippen molar-refractivity contribution in [1.82, 2.24) is 15.7 Å². The highest BCUT2D eigenvalue weighted by Gasteiger charge is 2.27. The van der Waals surface area contributed by atoms with E-state index in [4.69, 9.17) is 0 Å². The summed E-state index contributed by atoms with van der Waals surface area (Å²) in [7, 11) is 1.98. The van der Waals surface area contributed by atoms with Gasteiger partial charge in [-0.05, 0) is 20.8 Å². The van der Waals surface area contributed by atoms with Crippen molar-refractivity contribution >= 4 is 5.84 Å². The van der Waals surface area contributed by atoms with E-state index in [0.717, 1.165) is 12.3 Å². The molecule has 0 aromatic carbocycles. The zero-order chi connectivity index (χ0) is 9.35. The van der Waals surface area contributed by atoms with Gasteiger partial charge >= 0.3 is 0 Å². The van der Waals surface area contributed by atoms with E-state index < -0.39 is 0 Å². The van der Waals surface area contributed by atoms with E-state index in [-0.39, 0.29) is 5.54 Å². The third kappa shape index (κ3) is 1.69. The second-order valence-electron chi connectivity index (χ2n) is 4.01. The molecule has 0 spiro atoms. The van der Waals surface area contributed by atoms with Crippen LogP contribution in [0.2, 0.25) is 0 Å². The highest BCUT2D eigenvalue weighted by atomic mass is 15.9. The second kappa shape index (κ2) is 2.94. The molecule has 0 saturated carbocycles. The molecular weight excluding hydrogens is 152 g/mol. The molecule has 0 fully saturated rings. The monoisotopic (exact) mass is 170 g/mol. The number of hydrogen-bond acceptors (Lipinski definition) is 4. The zero-order valence-electron chi connectivity index (χ0n) is 8.55. The van der Waals surface area contributed by atoms with Gasteiger partial charge in [-0.2, -0.15) is 0 Å². The molecule has 12 heavy (non-hydrogen) atoms. The standard InChI is InChI=1S/C8H18N4/c1-6-7-9-12(8(2,3)4)10-11(7)5/h10H,6H2,1-5H3. The van der Waals surface area contributed by atoms with Crippen molar-refractivity contribution in [2.45, 2.75) is 39.7 Å². The summed E-state index contributed by atoms with van der Waals surface area (Å²) < 4.78 is 0. The van der Waals surface area contributed by atoms with Crippen LogP contribution in [-0.4, -0.2) is 28.5 Å². The Labute approximate surface area is 74.2 Å². The number of nitrogens with zero attached hydrogens (tertiary/aromatic N) is 3. The van der Waals surface area contributed by atoms with Crippen molar-refractivity contribution in [3.63, 3.8) is 0 Å². The molecule has 4 heteroatoms. The van der Waals surface area contributed by atoms with Crippen LogP contribution in [-0.2, 0) is 0 Å². The fraction of sp³-hybridized carbons (Fsp3) is 0.875. The van der Waals surface area contributed by atoms with E-state index in [1.54, 1.807) is 0 Å². The van der Waals surface area contributed by atoms with Crippen molar-refractivity contribution in [2.75, 3.05) is 7.05 Å². The second-order valence-corrected chi connectivity index (χ2v) is 4.01. The molecular formula is C8H18N4. The van der Waals surface area contributed by atoms with Crippen molar-refractivity contribution in [1.29, 1.82) is 0 Å². The highest BCUT2D eigenvalue weighted by Crippen LogP contribution is 2.15. The van der Waals surface area contributed by atoms with Crippen LogP contribution in [0, 0.1) is 0 Å². The molecule has 0 radical (unpaired) electrons. The molecule has 1 rings (SSSR count). The van der Waals surface area contributed by atoms with Crippen LogP contribution in [0.3, 0.4) is 0 Å². The lowest BCUT2D eigenvalue weighted by Gasteiger charge is -2.29. The van der Waals surface area contributed by atoms with E-state index in [1.807, 2.05) is 17.2 Å². The molecule has 0 amide bonds. The molecule has 0 aromatic heterocycles. The van der Waals surface area contributed by atoms with Crippen molar-refractivity contribution in [3.8, 4) is 0 Å². The first-order valence-electron chi connectivity index (χ1n) is 4.33. The Morgan fingerprint density at radius 3 is 2.25 bits per heavy atom. The highest BCUT2D eigenvalue weighted by molar-refractivity contribution is 5.81. The Morgan fingerprint density at radius 1 is 1.42 bits per heavy atom. The Kier molecular flexibility index (Phi) is 2.28. The van der Waals surface area contributed by atoms with Gasteiger partial charge in [0.25, 0.3) is 0 Å². The van der Waals surface area contributed by atoms with E-state index in [9.17, 15) is 0 Å². The maximum absolute atomic E-state index is 4.42. The Bertz CT molecular complexity index is 192. The fourth-order valence-corrected chi connectivity index (χ4v) is 1.01. The predicted molar refractivity (Wildman–Crippen MR) is 50.2 cm³/mol. The van der Waals surface area contributed by atoms with Gasteiger partial charge in [-0.25, -0.2) is 5.12 Å². The lowest BCUT2D eigenvalue weighted by atomic mass is 10.1. The average Bonchev–Trinajstić information content (AvgIpc) is 2.29. The minimum atomic E-state index is 0.0329. The summed E-state index contributed by atoms with van der Waals surface area (Å²) >= 11 is 0. The third-order valence-corrected chi connectivity index (χ3v) is 1.80. The van der Waals surface area contributed by atoms with Gasteiger partial charge in [0.2, 0.25) is 0 Å². The van der Waals surface area contributed by atoms with Gasteiger partial charge in [0, 0.05) is 13.5 Å². The first-order chi connectivity index (χ1) is 5.45. The van der Waals surface area contributed by atoms with Gasteiger partial charge in [-0.3, -0.25) is 5.01 Å². The summed E-state index contributed by atoms with van der Waals surface area (Å²) in [6, 6.07) is 0. The van der Waals surface area contributed by atoms with Crippen LogP contribution >= 0.6 is 0 Å². The zero-order valence-corrected chi connectivity index (χ0v) is 8.55. The number of hydrazine groups is 2. The molecule has 1 aliphatic rings. The first-order valence-corrected chi connectivity index (χ1v) is 4.33. The maximum Gasteiger partial charge on any atom is 0.141 e. The van der Waals surface area contributed by atoms with E-state index >= 15 is 0 Å². The van der Waals surface area contributed by atoms with E-state index in [1.165, 1.54) is 0 Å². The largest absolute Gasteiger partial charge is 0.278 e. The minimum absolute atomic E-state index is 0.0329. The quantitative estimate of drug-likeness (QED) is 0.641. The molecule has 0 atom stereocenters. The smallest absolute Gasteiger partial charge is 0.141 e. The van der Waals surface area contributed by atoms with Gasteiger partial charge in [0.15, 0.2) is 0 Å². The van der Waals surface area contributed by atoms with Crippen LogP contribution in [0.25, 0.3) is 0 Å². The van der Waals surface area contributed by atoms with E-state index in [0.29, 0.717) is 0 Å². The lowest BCUT2D eigenvalue weighted by molar-refractivity contribution is 0.0384. The lowest BCUT2D eigenvalue weighted by Crippen LogP contribution is -2.48. The predicted octanol–water partition coefficient (Wildman–Crippen LogP) is 1.18. The van der Waals surface area contributed by atoms with Gasteiger partial charge in [-0.1, -0.05) is 6.92 Å². The molecule has 1 heterocycles. The molecule has 1 aliphatic heterocycles. The Hall–Kier alpha value is -0.770. The van der Waals surface area contributed by atoms with Gasteiger partial charge < -0.3 is 0 Å². The first kappa shape index (κ1) is 9.32. The van der Waals surface area contributed by atoms with Gasteiger partial charge in [0.1, 0.15) is 5.84 Å². The minimum Gasteiger partial charge on any atom is -0.278 e. The van der Waals surface area contributed by atoms with Gasteiger partial charge in [-0.15, -0.1) is 10.6 Å². The topological polar surface area (TPSA) is 30.9 Å². The fourth-order valence-electron chi connectivity index (χ4n) is 1.01. The molecule has 0 unspecified atom stereocenters. The van der Waals surface area contributed by atoms with Crippen molar-refractivity contribution in [2.24, 2.45) is 5.10 Å². The summed E-state index contributed by atoms with van der Waals surface area (Å²) in [6.45, 7) is 8.46. The van der Waals surface area contributed by atoms with E-state index in [2.05, 4.69) is 38.3 Å². The van der Waals surface area contributed by atoms with Gasteiger partial charge in [0.05, 0.1) is 5.54 Å². The third-order valence-electron chi connectivity index (χ3n) is 1.80. The summed E-state index contributed by atoms with van der Waals surface area (Å²) in [4.78, 5) is 0. The van der Waals surface area contributed by atoms with Crippen LogP contribution in [0.5, 0.6) is 0 Å². The molecule has 1 N–H and O–H groups in total. The molecule has 0 bridgehead atoms. The number of hydrogen-bond donors (Lipinski definition) is 1. The normalized spacial score (nSPS) is 18.6. The summed E-state index contributed by atoms with van der Waals surface area (Å²) in [5.41, 5.74) is 3.19. The number of nitrogens with one attached hydrogen (secondary N) is 1. The van der Waals surface area contributed by atoms with Crippen LogP contribution in [0.1, 0.15) is 34.1 Å². The number of hydrazone groups is 1. The van der Waals surface area contributed by atoms with Crippen molar-refractivity contribution < 1.29 is 0 Å². The number of amidine groups is 1. The SMILES string of the molecule is CCC1=NN(C(C)(C)C)NN1C. The average molecular weight is 170 g/mol. The van der Waals surface area contributed by atoms with Crippen LogP contribution in [0.15, 0.2) is 5.10 Å². The number of rotatable bonds is 1. The molecule has 70 valence electrons. The molecule has 0 aromatic rings. The summed E-state index contributed by atoms with van der Waals surface area (Å²) in [6.07, 6.45) is 0.954. The summed E-state index contributed by atoms with van der Waals surface area (Å²) in [5.74, 6) is 1.07. The van der Waals surface area contributed by atoms with Crippen molar-refractivity contribution in [3.05, 3.63) is 0 Å². The molecule has 4 nitrogen and oxygen atoms in total. The molecule has 0 saturated heterocycles.